The number of hydrogen-bond donors (Lipinski definition) is 1. The van der Waals surface area contributed by atoms with Crippen LogP contribution in [0.4, 0.5) is 0 Å². The van der Waals surface area contributed by atoms with Crippen LogP contribution in [0.3, 0.4) is 0 Å². The Balaban J connectivity index is 2.33. The van der Waals surface area contributed by atoms with Crippen LogP contribution in [0.1, 0.15) is 46.0 Å². The van der Waals surface area contributed by atoms with E-state index in [0.29, 0.717) is 0 Å². The first-order chi connectivity index (χ1) is 7.27. The lowest BCUT2D eigenvalue weighted by molar-refractivity contribution is 0.228. The molecule has 0 radical (unpaired) electrons. The van der Waals surface area contributed by atoms with E-state index < -0.39 is 0 Å². The fourth-order valence-electron chi connectivity index (χ4n) is 2.70. The van der Waals surface area contributed by atoms with Gasteiger partial charge in [0.15, 0.2) is 0 Å². The van der Waals surface area contributed by atoms with Gasteiger partial charge in [-0.2, -0.15) is 11.8 Å². The van der Waals surface area contributed by atoms with Crippen molar-refractivity contribution in [2.75, 3.05) is 18.6 Å². The number of hydrogen-bond acceptors (Lipinski definition) is 2. The molecule has 0 bridgehead atoms. The molecule has 1 aliphatic rings. The van der Waals surface area contributed by atoms with Gasteiger partial charge in [-0.25, -0.2) is 0 Å². The molecule has 0 aromatic rings. The van der Waals surface area contributed by atoms with Gasteiger partial charge in [-0.1, -0.05) is 26.7 Å². The molecule has 1 atom stereocenters. The number of thioether (sulfide) groups is 1. The third-order valence-corrected chi connectivity index (χ3v) is 4.37. The van der Waals surface area contributed by atoms with E-state index in [2.05, 4.69) is 25.4 Å². The standard InChI is InChI=1S/C13H27NS/c1-4-14-13(9-10-15-3)12-7-5-11(2)6-8-12/h11-14H,4-10H2,1-3H3. The van der Waals surface area contributed by atoms with Gasteiger partial charge in [0.2, 0.25) is 0 Å². The summed E-state index contributed by atoms with van der Waals surface area (Å²) in [6.45, 7) is 5.77. The Morgan fingerprint density at radius 2 is 1.93 bits per heavy atom. The molecule has 0 heterocycles. The van der Waals surface area contributed by atoms with Crippen molar-refractivity contribution in [2.45, 2.75) is 52.0 Å². The first-order valence-corrected chi connectivity index (χ1v) is 7.89. The maximum atomic E-state index is 3.69. The second kappa shape index (κ2) is 7.56. The molecular formula is C13H27NS. The smallest absolute Gasteiger partial charge is 0.0103 e. The summed E-state index contributed by atoms with van der Waals surface area (Å²) in [5.41, 5.74) is 0. The molecule has 1 saturated carbocycles. The van der Waals surface area contributed by atoms with Crippen LogP contribution in [0.5, 0.6) is 0 Å². The summed E-state index contributed by atoms with van der Waals surface area (Å²) in [5, 5.41) is 3.69. The van der Waals surface area contributed by atoms with Gasteiger partial charge in [0.25, 0.3) is 0 Å². The number of rotatable bonds is 6. The predicted octanol–water partition coefficient (Wildman–Crippen LogP) is 3.54. The first-order valence-electron chi connectivity index (χ1n) is 6.50. The summed E-state index contributed by atoms with van der Waals surface area (Å²) >= 11 is 1.98. The van der Waals surface area contributed by atoms with Gasteiger partial charge in [0.1, 0.15) is 0 Å². The van der Waals surface area contributed by atoms with Crippen LogP contribution >= 0.6 is 11.8 Å². The van der Waals surface area contributed by atoms with E-state index >= 15 is 0 Å². The molecule has 1 N–H and O–H groups in total. The van der Waals surface area contributed by atoms with E-state index in [1.54, 1.807) is 0 Å². The van der Waals surface area contributed by atoms with Crippen molar-refractivity contribution >= 4 is 11.8 Å². The van der Waals surface area contributed by atoms with Gasteiger partial charge in [0.05, 0.1) is 0 Å². The maximum absolute atomic E-state index is 3.69. The fourth-order valence-corrected chi connectivity index (χ4v) is 3.19. The molecule has 0 saturated heterocycles. The van der Waals surface area contributed by atoms with Crippen molar-refractivity contribution in [1.29, 1.82) is 0 Å². The Morgan fingerprint density at radius 3 is 2.47 bits per heavy atom. The largest absolute Gasteiger partial charge is 0.314 e. The highest BCUT2D eigenvalue weighted by Crippen LogP contribution is 2.31. The molecule has 0 spiro atoms. The average Bonchev–Trinajstić information content (AvgIpc) is 2.25. The number of nitrogens with one attached hydrogen (secondary N) is 1. The van der Waals surface area contributed by atoms with Crippen LogP contribution in [-0.4, -0.2) is 24.6 Å². The van der Waals surface area contributed by atoms with Crippen LogP contribution in [-0.2, 0) is 0 Å². The van der Waals surface area contributed by atoms with Gasteiger partial charge in [0, 0.05) is 6.04 Å². The van der Waals surface area contributed by atoms with Crippen LogP contribution in [0, 0.1) is 11.8 Å². The minimum absolute atomic E-state index is 0.787. The predicted molar refractivity (Wildman–Crippen MR) is 71.6 cm³/mol. The third-order valence-electron chi connectivity index (χ3n) is 3.73. The Labute approximate surface area is 99.8 Å². The highest BCUT2D eigenvalue weighted by atomic mass is 32.2. The first kappa shape index (κ1) is 13.4. The molecule has 0 aliphatic heterocycles. The zero-order valence-corrected chi connectivity index (χ0v) is 11.4. The molecule has 1 rings (SSSR count). The highest BCUT2D eigenvalue weighted by molar-refractivity contribution is 7.98. The lowest BCUT2D eigenvalue weighted by Gasteiger charge is -2.33. The van der Waals surface area contributed by atoms with Crippen LogP contribution in [0.25, 0.3) is 0 Å². The molecule has 15 heavy (non-hydrogen) atoms. The van der Waals surface area contributed by atoms with Gasteiger partial charge in [-0.15, -0.1) is 0 Å². The van der Waals surface area contributed by atoms with E-state index in [9.17, 15) is 0 Å². The van der Waals surface area contributed by atoms with Gasteiger partial charge in [-0.3, -0.25) is 0 Å². The van der Waals surface area contributed by atoms with Crippen molar-refractivity contribution in [3.05, 3.63) is 0 Å². The van der Waals surface area contributed by atoms with Crippen LogP contribution in [0.2, 0.25) is 0 Å². The normalized spacial score (nSPS) is 29.0. The monoisotopic (exact) mass is 229 g/mol. The third kappa shape index (κ3) is 4.78. The van der Waals surface area contributed by atoms with Crippen LogP contribution < -0.4 is 5.32 Å². The summed E-state index contributed by atoms with van der Waals surface area (Å²) in [6, 6.07) is 0.787. The molecule has 1 fully saturated rings. The minimum atomic E-state index is 0.787. The van der Waals surface area contributed by atoms with E-state index in [1.165, 1.54) is 37.9 Å². The lowest BCUT2D eigenvalue weighted by Crippen LogP contribution is -2.38. The van der Waals surface area contributed by atoms with E-state index in [-0.39, 0.29) is 0 Å². The van der Waals surface area contributed by atoms with Gasteiger partial charge < -0.3 is 5.32 Å². The lowest BCUT2D eigenvalue weighted by atomic mass is 9.78. The van der Waals surface area contributed by atoms with E-state index in [4.69, 9.17) is 0 Å². The van der Waals surface area contributed by atoms with Gasteiger partial charge in [-0.05, 0) is 49.7 Å². The van der Waals surface area contributed by atoms with Gasteiger partial charge >= 0.3 is 0 Å². The summed E-state index contributed by atoms with van der Waals surface area (Å²) in [6.07, 6.45) is 9.37. The molecular weight excluding hydrogens is 202 g/mol. The molecule has 0 aromatic carbocycles. The SMILES string of the molecule is CCNC(CCSC)C1CCC(C)CC1. The quantitative estimate of drug-likeness (QED) is 0.747. The van der Waals surface area contributed by atoms with Crippen molar-refractivity contribution in [1.82, 2.24) is 5.32 Å². The van der Waals surface area contributed by atoms with Crippen molar-refractivity contribution in [3.63, 3.8) is 0 Å². The molecule has 2 heteroatoms. The molecule has 1 aliphatic carbocycles. The Morgan fingerprint density at radius 1 is 1.27 bits per heavy atom. The summed E-state index contributed by atoms with van der Waals surface area (Å²) in [7, 11) is 0. The van der Waals surface area contributed by atoms with Crippen molar-refractivity contribution in [2.24, 2.45) is 11.8 Å². The fraction of sp³-hybridized carbons (Fsp3) is 1.00. The van der Waals surface area contributed by atoms with Crippen LogP contribution in [0.15, 0.2) is 0 Å². The molecule has 0 amide bonds. The summed E-state index contributed by atoms with van der Waals surface area (Å²) in [5.74, 6) is 3.24. The molecule has 90 valence electrons. The van der Waals surface area contributed by atoms with Crippen molar-refractivity contribution < 1.29 is 0 Å². The summed E-state index contributed by atoms with van der Waals surface area (Å²) in [4.78, 5) is 0. The topological polar surface area (TPSA) is 12.0 Å². The second-order valence-corrected chi connectivity index (χ2v) is 5.95. The second-order valence-electron chi connectivity index (χ2n) is 4.97. The molecule has 0 aromatic heterocycles. The Bertz CT molecular complexity index is 153. The Kier molecular flexibility index (Phi) is 6.74. The van der Waals surface area contributed by atoms with Crippen molar-refractivity contribution in [3.8, 4) is 0 Å². The highest BCUT2D eigenvalue weighted by Gasteiger charge is 2.24. The van der Waals surface area contributed by atoms with E-state index in [0.717, 1.165) is 24.4 Å². The Hall–Kier alpha value is 0.310. The maximum Gasteiger partial charge on any atom is 0.0103 e. The average molecular weight is 229 g/mol. The summed E-state index contributed by atoms with van der Waals surface area (Å²) < 4.78 is 0. The minimum Gasteiger partial charge on any atom is -0.314 e. The zero-order valence-electron chi connectivity index (χ0n) is 10.6. The molecule has 1 nitrogen and oxygen atoms in total. The van der Waals surface area contributed by atoms with E-state index in [1.807, 2.05) is 11.8 Å². The zero-order chi connectivity index (χ0) is 11.1. The molecule has 1 unspecified atom stereocenters.